The number of nitrogens with one attached hydrogen (secondary N) is 1. The van der Waals surface area contributed by atoms with Crippen LogP contribution in [0.5, 0.6) is 0 Å². The molecule has 0 unspecified atom stereocenters. The lowest BCUT2D eigenvalue weighted by atomic mass is 10.2. The number of carbonyl (C=O) groups excluding carboxylic acids is 1. The van der Waals surface area contributed by atoms with E-state index in [0.717, 1.165) is 42.9 Å². The third kappa shape index (κ3) is 2.90. The van der Waals surface area contributed by atoms with Crippen LogP contribution < -0.4 is 11.1 Å². The molecule has 1 aromatic rings. The van der Waals surface area contributed by atoms with Crippen LogP contribution in [0.4, 0.5) is 11.4 Å². The van der Waals surface area contributed by atoms with E-state index in [1.165, 1.54) is 0 Å². The summed E-state index contributed by atoms with van der Waals surface area (Å²) in [5.41, 5.74) is 8.48. The van der Waals surface area contributed by atoms with Gasteiger partial charge in [-0.05, 0) is 43.5 Å². The van der Waals surface area contributed by atoms with Crippen molar-refractivity contribution >= 4 is 17.3 Å². The number of anilines is 2. The van der Waals surface area contributed by atoms with Crippen LogP contribution in [0.1, 0.15) is 18.4 Å². The first-order valence-electron chi connectivity index (χ1n) is 6.04. The quantitative estimate of drug-likeness (QED) is 0.780. The van der Waals surface area contributed by atoms with Crippen LogP contribution in [0.2, 0.25) is 0 Å². The molecule has 17 heavy (non-hydrogen) atoms. The number of amides is 1. The van der Waals surface area contributed by atoms with Crippen LogP contribution in [-0.2, 0) is 4.79 Å². The summed E-state index contributed by atoms with van der Waals surface area (Å²) >= 11 is 0. The maximum atomic E-state index is 11.8. The molecule has 3 N–H and O–H groups in total. The van der Waals surface area contributed by atoms with Gasteiger partial charge in [0.25, 0.3) is 0 Å². The number of rotatable bonds is 3. The van der Waals surface area contributed by atoms with Crippen molar-refractivity contribution in [2.75, 3.05) is 30.7 Å². The van der Waals surface area contributed by atoms with Crippen LogP contribution >= 0.6 is 0 Å². The molecular formula is C13H19N3O. The number of benzene rings is 1. The van der Waals surface area contributed by atoms with Gasteiger partial charge in [-0.15, -0.1) is 0 Å². The lowest BCUT2D eigenvalue weighted by Crippen LogP contribution is -2.33. The normalized spacial score (nSPS) is 15.0. The van der Waals surface area contributed by atoms with E-state index in [2.05, 4.69) is 5.32 Å². The van der Waals surface area contributed by atoms with E-state index in [1.807, 2.05) is 30.0 Å². The van der Waals surface area contributed by atoms with Crippen LogP contribution in [0.15, 0.2) is 18.2 Å². The van der Waals surface area contributed by atoms with Crippen LogP contribution in [0.3, 0.4) is 0 Å². The largest absolute Gasteiger partial charge is 0.399 e. The first-order chi connectivity index (χ1) is 8.16. The van der Waals surface area contributed by atoms with Gasteiger partial charge in [-0.25, -0.2) is 0 Å². The van der Waals surface area contributed by atoms with E-state index in [4.69, 9.17) is 5.73 Å². The van der Waals surface area contributed by atoms with Crippen molar-refractivity contribution in [1.29, 1.82) is 0 Å². The smallest absolute Gasteiger partial charge is 0.241 e. The fourth-order valence-electron chi connectivity index (χ4n) is 2.13. The van der Waals surface area contributed by atoms with E-state index in [-0.39, 0.29) is 5.91 Å². The number of hydrogen-bond donors (Lipinski definition) is 2. The number of carbonyl (C=O) groups is 1. The average Bonchev–Trinajstić information content (AvgIpc) is 2.81. The predicted molar refractivity (Wildman–Crippen MR) is 69.9 cm³/mol. The summed E-state index contributed by atoms with van der Waals surface area (Å²) in [5.74, 6) is 0.179. The molecule has 0 spiro atoms. The topological polar surface area (TPSA) is 58.4 Å². The van der Waals surface area contributed by atoms with E-state index in [1.54, 1.807) is 0 Å². The van der Waals surface area contributed by atoms with Gasteiger partial charge in [-0.3, -0.25) is 4.79 Å². The van der Waals surface area contributed by atoms with Crippen molar-refractivity contribution in [3.63, 3.8) is 0 Å². The molecule has 92 valence electrons. The lowest BCUT2D eigenvalue weighted by Gasteiger charge is -2.16. The molecule has 0 aliphatic carbocycles. The predicted octanol–water partition coefficient (Wildman–Crippen LogP) is 1.61. The first kappa shape index (κ1) is 11.8. The van der Waals surface area contributed by atoms with E-state index < -0.39 is 0 Å². The summed E-state index contributed by atoms with van der Waals surface area (Å²) in [6.45, 7) is 4.16. The second kappa shape index (κ2) is 5.08. The Morgan fingerprint density at radius 1 is 1.41 bits per heavy atom. The van der Waals surface area contributed by atoms with Crippen molar-refractivity contribution in [3.05, 3.63) is 23.8 Å². The molecule has 0 saturated carbocycles. The van der Waals surface area contributed by atoms with Crippen molar-refractivity contribution < 1.29 is 4.79 Å². The van der Waals surface area contributed by atoms with Gasteiger partial charge in [0.2, 0.25) is 5.91 Å². The Morgan fingerprint density at radius 2 is 2.12 bits per heavy atom. The summed E-state index contributed by atoms with van der Waals surface area (Å²) in [7, 11) is 0. The summed E-state index contributed by atoms with van der Waals surface area (Å²) in [5, 5.41) is 3.17. The standard InChI is InChI=1S/C13H19N3O/c1-10-8-11(14)4-5-12(10)15-9-13(17)16-6-2-3-7-16/h4-5,8,15H,2-3,6-7,9,14H2,1H3. The number of nitrogen functional groups attached to an aromatic ring is 1. The van der Waals surface area contributed by atoms with Gasteiger partial charge in [0.15, 0.2) is 0 Å². The number of aryl methyl sites for hydroxylation is 1. The third-order valence-electron chi connectivity index (χ3n) is 3.14. The van der Waals surface area contributed by atoms with Crippen molar-refractivity contribution in [2.45, 2.75) is 19.8 Å². The molecule has 1 fully saturated rings. The minimum Gasteiger partial charge on any atom is -0.399 e. The highest BCUT2D eigenvalue weighted by molar-refractivity contribution is 5.81. The monoisotopic (exact) mass is 233 g/mol. The molecule has 1 amide bonds. The molecule has 0 bridgehead atoms. The maximum absolute atomic E-state index is 11.8. The van der Waals surface area contributed by atoms with E-state index >= 15 is 0 Å². The van der Waals surface area contributed by atoms with Gasteiger partial charge in [0.05, 0.1) is 6.54 Å². The molecule has 4 heteroatoms. The minimum absolute atomic E-state index is 0.179. The summed E-state index contributed by atoms with van der Waals surface area (Å²) in [6, 6.07) is 5.67. The zero-order valence-corrected chi connectivity index (χ0v) is 10.2. The summed E-state index contributed by atoms with van der Waals surface area (Å²) in [4.78, 5) is 13.8. The van der Waals surface area contributed by atoms with Gasteiger partial charge in [0, 0.05) is 24.5 Å². The Balaban J connectivity index is 1.90. The molecule has 0 aromatic heterocycles. The highest BCUT2D eigenvalue weighted by Gasteiger charge is 2.17. The maximum Gasteiger partial charge on any atom is 0.241 e. The van der Waals surface area contributed by atoms with Gasteiger partial charge in [-0.2, -0.15) is 0 Å². The highest BCUT2D eigenvalue weighted by atomic mass is 16.2. The second-order valence-corrected chi connectivity index (χ2v) is 4.52. The molecule has 1 aromatic carbocycles. The van der Waals surface area contributed by atoms with Crippen molar-refractivity contribution in [1.82, 2.24) is 4.90 Å². The summed E-state index contributed by atoms with van der Waals surface area (Å²) in [6.07, 6.45) is 2.26. The molecule has 2 rings (SSSR count). The van der Waals surface area contributed by atoms with Gasteiger partial charge in [0.1, 0.15) is 0 Å². The fraction of sp³-hybridized carbons (Fsp3) is 0.462. The highest BCUT2D eigenvalue weighted by Crippen LogP contribution is 2.17. The minimum atomic E-state index is 0.179. The van der Waals surface area contributed by atoms with E-state index in [9.17, 15) is 4.79 Å². The molecule has 1 heterocycles. The molecule has 4 nitrogen and oxygen atoms in total. The molecular weight excluding hydrogens is 214 g/mol. The van der Waals surface area contributed by atoms with Gasteiger partial charge >= 0.3 is 0 Å². The fourth-order valence-corrected chi connectivity index (χ4v) is 2.13. The van der Waals surface area contributed by atoms with Gasteiger partial charge in [-0.1, -0.05) is 0 Å². The average molecular weight is 233 g/mol. The Morgan fingerprint density at radius 3 is 2.76 bits per heavy atom. The lowest BCUT2D eigenvalue weighted by molar-refractivity contribution is -0.128. The van der Waals surface area contributed by atoms with Crippen LogP contribution in [-0.4, -0.2) is 30.4 Å². The molecule has 1 saturated heterocycles. The number of likely N-dealkylation sites (tertiary alicyclic amines) is 1. The number of nitrogens with two attached hydrogens (primary N) is 1. The second-order valence-electron chi connectivity index (χ2n) is 4.52. The molecule has 0 radical (unpaired) electrons. The molecule has 1 aliphatic rings. The number of hydrogen-bond acceptors (Lipinski definition) is 3. The zero-order chi connectivity index (χ0) is 12.3. The third-order valence-corrected chi connectivity index (χ3v) is 3.14. The molecule has 0 atom stereocenters. The zero-order valence-electron chi connectivity index (χ0n) is 10.2. The van der Waals surface area contributed by atoms with Crippen LogP contribution in [0, 0.1) is 6.92 Å². The van der Waals surface area contributed by atoms with Crippen molar-refractivity contribution in [2.24, 2.45) is 0 Å². The van der Waals surface area contributed by atoms with E-state index in [0.29, 0.717) is 6.54 Å². The first-order valence-corrected chi connectivity index (χ1v) is 6.04. The number of nitrogens with zero attached hydrogens (tertiary/aromatic N) is 1. The Hall–Kier alpha value is -1.71. The molecule has 1 aliphatic heterocycles. The SMILES string of the molecule is Cc1cc(N)ccc1NCC(=O)N1CCCC1. The summed E-state index contributed by atoms with van der Waals surface area (Å²) < 4.78 is 0. The Labute approximate surface area is 102 Å². The Bertz CT molecular complexity index is 411. The van der Waals surface area contributed by atoms with Crippen molar-refractivity contribution in [3.8, 4) is 0 Å². The van der Waals surface area contributed by atoms with Crippen LogP contribution in [0.25, 0.3) is 0 Å². The van der Waals surface area contributed by atoms with Gasteiger partial charge < -0.3 is 16.0 Å². The Kier molecular flexibility index (Phi) is 3.52.